The summed E-state index contributed by atoms with van der Waals surface area (Å²) in [6.45, 7) is 8.97. The molecule has 22 heavy (non-hydrogen) atoms. The zero-order valence-electron chi connectivity index (χ0n) is 14.4. The minimum Gasteiger partial charge on any atom is -0.496 e. The summed E-state index contributed by atoms with van der Waals surface area (Å²) < 4.78 is 5.68. The molecule has 3 rings (SSSR count). The fourth-order valence-corrected chi connectivity index (χ4v) is 3.51. The van der Waals surface area contributed by atoms with Crippen molar-refractivity contribution in [2.24, 2.45) is 0 Å². The van der Waals surface area contributed by atoms with Crippen molar-refractivity contribution in [3.8, 4) is 5.75 Å². The van der Waals surface area contributed by atoms with Crippen molar-refractivity contribution in [1.29, 1.82) is 0 Å². The third-order valence-corrected chi connectivity index (χ3v) is 5.28. The van der Waals surface area contributed by atoms with E-state index in [-0.39, 0.29) is 0 Å². The van der Waals surface area contributed by atoms with E-state index >= 15 is 0 Å². The van der Waals surface area contributed by atoms with Crippen LogP contribution < -0.4 is 4.74 Å². The molecule has 4 nitrogen and oxygen atoms in total. The number of likely N-dealkylation sites (N-methyl/N-ethyl adjacent to an activating group) is 2. The maximum absolute atomic E-state index is 5.68. The lowest BCUT2D eigenvalue weighted by atomic mass is 9.92. The van der Waals surface area contributed by atoms with Gasteiger partial charge in [0.05, 0.1) is 7.11 Å². The fraction of sp³-hybridized carbons (Fsp3) is 0.667. The molecule has 0 bridgehead atoms. The van der Waals surface area contributed by atoms with Crippen molar-refractivity contribution in [3.05, 3.63) is 28.8 Å². The van der Waals surface area contributed by atoms with E-state index in [1.54, 1.807) is 7.11 Å². The number of hydrogen-bond donors (Lipinski definition) is 0. The topological polar surface area (TPSA) is 19.0 Å². The number of hydrogen-bond acceptors (Lipinski definition) is 4. The summed E-state index contributed by atoms with van der Waals surface area (Å²) in [5.74, 6) is 1.06. The first-order valence-electron chi connectivity index (χ1n) is 8.36. The minimum atomic E-state index is 0.623. The van der Waals surface area contributed by atoms with Gasteiger partial charge in [-0.05, 0) is 44.6 Å². The highest BCUT2D eigenvalue weighted by molar-refractivity contribution is 5.44. The fourth-order valence-electron chi connectivity index (χ4n) is 3.51. The van der Waals surface area contributed by atoms with E-state index in [2.05, 4.69) is 47.9 Å². The highest BCUT2D eigenvalue weighted by atomic mass is 16.5. The first-order chi connectivity index (χ1) is 10.6. The quantitative estimate of drug-likeness (QED) is 0.848. The molecule has 1 saturated heterocycles. The van der Waals surface area contributed by atoms with Crippen molar-refractivity contribution in [2.75, 3.05) is 47.4 Å². The lowest BCUT2D eigenvalue weighted by Crippen LogP contribution is -2.44. The Kier molecular flexibility index (Phi) is 4.71. The number of ether oxygens (including phenoxy) is 1. The monoisotopic (exact) mass is 303 g/mol. The molecule has 4 heteroatoms. The van der Waals surface area contributed by atoms with Crippen LogP contribution in [0.3, 0.4) is 0 Å². The predicted molar refractivity (Wildman–Crippen MR) is 90.4 cm³/mol. The Labute approximate surface area is 134 Å². The summed E-state index contributed by atoms with van der Waals surface area (Å²) in [5.41, 5.74) is 4.29. The van der Waals surface area contributed by atoms with Gasteiger partial charge in [-0.25, -0.2) is 0 Å². The van der Waals surface area contributed by atoms with Crippen LogP contribution in [0, 0.1) is 0 Å². The van der Waals surface area contributed by atoms with Crippen molar-refractivity contribution >= 4 is 0 Å². The second kappa shape index (κ2) is 6.57. The molecule has 2 heterocycles. The number of piperazine rings is 1. The molecule has 1 aromatic carbocycles. The largest absolute Gasteiger partial charge is 0.496 e. The maximum atomic E-state index is 5.68. The van der Waals surface area contributed by atoms with Gasteiger partial charge in [0.2, 0.25) is 0 Å². The standard InChI is InChI=1S/C18H29N3O/c1-14-9-15-10-17(13-21-7-5-19(2)6-8-21)18(22-4)11-16(15)12-20(14)3/h10-11,14H,5-9,12-13H2,1-4H3. The molecule has 0 aromatic heterocycles. The summed E-state index contributed by atoms with van der Waals surface area (Å²) in [5, 5.41) is 0. The molecular formula is C18H29N3O. The summed E-state index contributed by atoms with van der Waals surface area (Å²) in [6, 6.07) is 5.29. The van der Waals surface area contributed by atoms with Crippen LogP contribution >= 0.6 is 0 Å². The number of methoxy groups -OCH3 is 1. The SMILES string of the molecule is COc1cc2c(cc1CN1CCN(C)CC1)CC(C)N(C)C2. The highest BCUT2D eigenvalue weighted by Crippen LogP contribution is 2.30. The van der Waals surface area contributed by atoms with Gasteiger partial charge in [-0.2, -0.15) is 0 Å². The van der Waals surface area contributed by atoms with Crippen LogP contribution in [0.25, 0.3) is 0 Å². The van der Waals surface area contributed by atoms with E-state index in [0.717, 1.165) is 51.4 Å². The van der Waals surface area contributed by atoms with Gasteiger partial charge in [0, 0.05) is 50.9 Å². The van der Waals surface area contributed by atoms with Crippen molar-refractivity contribution in [3.63, 3.8) is 0 Å². The van der Waals surface area contributed by atoms with Crippen LogP contribution in [0.5, 0.6) is 5.75 Å². The van der Waals surface area contributed by atoms with E-state index in [0.29, 0.717) is 6.04 Å². The first kappa shape index (κ1) is 15.8. The second-order valence-electron chi connectivity index (χ2n) is 6.98. The van der Waals surface area contributed by atoms with E-state index in [1.165, 1.54) is 16.7 Å². The van der Waals surface area contributed by atoms with Gasteiger partial charge in [0.25, 0.3) is 0 Å². The molecule has 0 radical (unpaired) electrons. The molecule has 122 valence electrons. The first-order valence-corrected chi connectivity index (χ1v) is 8.36. The molecule has 2 aliphatic heterocycles. The van der Waals surface area contributed by atoms with Crippen LogP contribution in [0.1, 0.15) is 23.6 Å². The summed E-state index contributed by atoms with van der Waals surface area (Å²) in [4.78, 5) is 7.36. The summed E-state index contributed by atoms with van der Waals surface area (Å²) in [6.07, 6.45) is 1.14. The van der Waals surface area contributed by atoms with E-state index in [1.807, 2.05) is 0 Å². The predicted octanol–water partition coefficient (Wildman–Crippen LogP) is 1.82. The molecule has 2 aliphatic rings. The number of benzene rings is 1. The van der Waals surface area contributed by atoms with E-state index in [9.17, 15) is 0 Å². The van der Waals surface area contributed by atoms with Gasteiger partial charge >= 0.3 is 0 Å². The molecule has 1 unspecified atom stereocenters. The van der Waals surface area contributed by atoms with Crippen LogP contribution in [0.2, 0.25) is 0 Å². The molecule has 0 amide bonds. The van der Waals surface area contributed by atoms with Gasteiger partial charge in [-0.3, -0.25) is 9.80 Å². The summed E-state index contributed by atoms with van der Waals surface area (Å²) >= 11 is 0. The minimum absolute atomic E-state index is 0.623. The Hall–Kier alpha value is -1.10. The molecule has 1 aromatic rings. The normalized spacial score (nSPS) is 24.3. The molecule has 0 spiro atoms. The molecule has 0 N–H and O–H groups in total. The zero-order chi connectivity index (χ0) is 15.7. The average molecular weight is 303 g/mol. The smallest absolute Gasteiger partial charge is 0.123 e. The molecule has 0 aliphatic carbocycles. The van der Waals surface area contributed by atoms with E-state index in [4.69, 9.17) is 4.74 Å². The second-order valence-corrected chi connectivity index (χ2v) is 6.98. The Morgan fingerprint density at radius 1 is 1.09 bits per heavy atom. The van der Waals surface area contributed by atoms with Crippen LogP contribution in [0.15, 0.2) is 12.1 Å². The number of fused-ring (bicyclic) bond motifs is 1. The van der Waals surface area contributed by atoms with Crippen molar-refractivity contribution in [1.82, 2.24) is 14.7 Å². The maximum Gasteiger partial charge on any atom is 0.123 e. The molecule has 1 fully saturated rings. The van der Waals surface area contributed by atoms with Gasteiger partial charge in [-0.15, -0.1) is 0 Å². The van der Waals surface area contributed by atoms with Gasteiger partial charge in [0.1, 0.15) is 5.75 Å². The van der Waals surface area contributed by atoms with E-state index < -0.39 is 0 Å². The Bertz CT molecular complexity index is 523. The average Bonchev–Trinajstić information content (AvgIpc) is 2.50. The Morgan fingerprint density at radius 2 is 1.82 bits per heavy atom. The third kappa shape index (κ3) is 3.29. The highest BCUT2D eigenvalue weighted by Gasteiger charge is 2.23. The van der Waals surface area contributed by atoms with Crippen molar-refractivity contribution < 1.29 is 4.74 Å². The van der Waals surface area contributed by atoms with Crippen LogP contribution in [-0.2, 0) is 19.5 Å². The number of nitrogens with zero attached hydrogens (tertiary/aromatic N) is 3. The van der Waals surface area contributed by atoms with Crippen LogP contribution in [-0.4, -0.2) is 68.1 Å². The summed E-state index contributed by atoms with van der Waals surface area (Å²) in [7, 11) is 6.21. The Balaban J connectivity index is 1.80. The van der Waals surface area contributed by atoms with Crippen LogP contribution in [0.4, 0.5) is 0 Å². The molecular weight excluding hydrogens is 274 g/mol. The zero-order valence-corrected chi connectivity index (χ0v) is 14.4. The lowest BCUT2D eigenvalue weighted by Gasteiger charge is -2.34. The lowest BCUT2D eigenvalue weighted by molar-refractivity contribution is 0.147. The third-order valence-electron chi connectivity index (χ3n) is 5.28. The van der Waals surface area contributed by atoms with Gasteiger partial charge < -0.3 is 9.64 Å². The van der Waals surface area contributed by atoms with Crippen molar-refractivity contribution in [2.45, 2.75) is 32.5 Å². The molecule has 1 atom stereocenters. The van der Waals surface area contributed by atoms with Gasteiger partial charge in [-0.1, -0.05) is 6.07 Å². The van der Waals surface area contributed by atoms with Gasteiger partial charge in [0.15, 0.2) is 0 Å². The molecule has 0 saturated carbocycles. The number of rotatable bonds is 3. The Morgan fingerprint density at radius 3 is 2.50 bits per heavy atom.